The third-order valence-corrected chi connectivity index (χ3v) is 3.30. The molecule has 0 bridgehead atoms. The normalized spacial score (nSPS) is 15.6. The van der Waals surface area contributed by atoms with Crippen LogP contribution in [0.25, 0.3) is 10.9 Å². The van der Waals surface area contributed by atoms with Gasteiger partial charge in [0.05, 0.1) is 11.2 Å². The molecule has 0 N–H and O–H groups in total. The average molecular weight is 235 g/mol. The molecule has 16 heavy (non-hydrogen) atoms. The topological polar surface area (TPSA) is 34.9 Å². The molecule has 82 valence electrons. The van der Waals surface area contributed by atoms with Gasteiger partial charge in [-0.1, -0.05) is 11.6 Å². The number of aryl methyl sites for hydroxylation is 1. The molecule has 1 fully saturated rings. The predicted octanol–water partition coefficient (Wildman–Crippen LogP) is 2.46. The molecule has 0 spiro atoms. The molecule has 0 saturated heterocycles. The lowest BCUT2D eigenvalue weighted by Crippen LogP contribution is -2.21. The molecule has 3 nitrogen and oxygen atoms in total. The van der Waals surface area contributed by atoms with Crippen molar-refractivity contribution in [2.24, 2.45) is 7.05 Å². The Morgan fingerprint density at radius 2 is 2.19 bits per heavy atom. The zero-order valence-electron chi connectivity index (χ0n) is 8.90. The van der Waals surface area contributed by atoms with Crippen LogP contribution in [0.5, 0.6) is 0 Å². The molecule has 0 amide bonds. The van der Waals surface area contributed by atoms with Gasteiger partial charge in [0, 0.05) is 23.4 Å². The van der Waals surface area contributed by atoms with Gasteiger partial charge in [0.1, 0.15) is 0 Å². The average Bonchev–Trinajstić information content (AvgIpc) is 3.07. The van der Waals surface area contributed by atoms with E-state index in [1.54, 1.807) is 17.7 Å². The number of hydrogen-bond donors (Lipinski definition) is 0. The maximum absolute atomic E-state index is 11.7. The van der Waals surface area contributed by atoms with E-state index < -0.39 is 0 Å². The third kappa shape index (κ3) is 1.43. The summed E-state index contributed by atoms with van der Waals surface area (Å²) in [6, 6.07) is 5.59. The first kappa shape index (κ1) is 9.85. The molecular weight excluding hydrogens is 224 g/mol. The Labute approximate surface area is 97.7 Å². The summed E-state index contributed by atoms with van der Waals surface area (Å²) in [6.45, 7) is 0. The molecule has 0 unspecified atom stereocenters. The number of benzene rings is 1. The zero-order chi connectivity index (χ0) is 11.3. The van der Waals surface area contributed by atoms with Crippen molar-refractivity contribution in [3.63, 3.8) is 0 Å². The van der Waals surface area contributed by atoms with Gasteiger partial charge in [-0.05, 0) is 31.0 Å². The van der Waals surface area contributed by atoms with Crippen molar-refractivity contribution in [2.45, 2.75) is 18.8 Å². The second-order valence-corrected chi connectivity index (χ2v) is 4.71. The van der Waals surface area contributed by atoms with Crippen LogP contribution < -0.4 is 5.69 Å². The first-order valence-electron chi connectivity index (χ1n) is 5.33. The Balaban J connectivity index is 2.44. The third-order valence-electron chi connectivity index (χ3n) is 3.06. The fraction of sp³-hybridized carbons (Fsp3) is 0.333. The molecule has 0 radical (unpaired) electrons. The van der Waals surface area contributed by atoms with Gasteiger partial charge in [0.15, 0.2) is 0 Å². The summed E-state index contributed by atoms with van der Waals surface area (Å²) in [6.07, 6.45) is 2.25. The van der Waals surface area contributed by atoms with Crippen LogP contribution in [0.1, 0.15) is 24.5 Å². The summed E-state index contributed by atoms with van der Waals surface area (Å²) in [4.78, 5) is 15.8. The Morgan fingerprint density at radius 1 is 1.44 bits per heavy atom. The molecule has 1 aromatic carbocycles. The van der Waals surface area contributed by atoms with E-state index in [2.05, 4.69) is 4.98 Å². The van der Waals surface area contributed by atoms with Crippen LogP contribution in [0.4, 0.5) is 0 Å². The van der Waals surface area contributed by atoms with Gasteiger partial charge in [0.25, 0.3) is 0 Å². The Morgan fingerprint density at radius 3 is 2.88 bits per heavy atom. The molecule has 1 saturated carbocycles. The second kappa shape index (κ2) is 3.32. The van der Waals surface area contributed by atoms with Crippen molar-refractivity contribution in [1.29, 1.82) is 0 Å². The van der Waals surface area contributed by atoms with E-state index in [-0.39, 0.29) is 5.69 Å². The van der Waals surface area contributed by atoms with Gasteiger partial charge in [-0.15, -0.1) is 0 Å². The van der Waals surface area contributed by atoms with Crippen molar-refractivity contribution in [3.8, 4) is 0 Å². The largest absolute Gasteiger partial charge is 0.348 e. The van der Waals surface area contributed by atoms with E-state index in [1.165, 1.54) is 0 Å². The first-order chi connectivity index (χ1) is 7.66. The predicted molar refractivity (Wildman–Crippen MR) is 64.0 cm³/mol. The quantitative estimate of drug-likeness (QED) is 0.760. The molecule has 2 aromatic rings. The van der Waals surface area contributed by atoms with Crippen molar-refractivity contribution < 1.29 is 0 Å². The molecular formula is C12H11ClN2O. The number of halogens is 1. The lowest BCUT2D eigenvalue weighted by atomic mass is 10.1. The monoisotopic (exact) mass is 234 g/mol. The highest BCUT2D eigenvalue weighted by molar-refractivity contribution is 6.31. The summed E-state index contributed by atoms with van der Waals surface area (Å²) in [7, 11) is 1.74. The van der Waals surface area contributed by atoms with Gasteiger partial charge in [-0.25, -0.2) is 4.79 Å². The number of fused-ring (bicyclic) bond motifs is 1. The minimum Gasteiger partial charge on any atom is -0.295 e. The zero-order valence-corrected chi connectivity index (χ0v) is 9.66. The maximum Gasteiger partial charge on any atom is 0.348 e. The number of aromatic nitrogens is 2. The lowest BCUT2D eigenvalue weighted by molar-refractivity contribution is 0.827. The fourth-order valence-electron chi connectivity index (χ4n) is 2.02. The summed E-state index contributed by atoms with van der Waals surface area (Å²) in [5.41, 5.74) is 1.64. The SMILES string of the molecule is Cn1c(=O)nc(C2CC2)c2cc(Cl)ccc21. The summed E-state index contributed by atoms with van der Waals surface area (Å²) in [5.74, 6) is 0.454. The van der Waals surface area contributed by atoms with Crippen LogP contribution in [-0.2, 0) is 7.05 Å². The first-order valence-corrected chi connectivity index (χ1v) is 5.71. The highest BCUT2D eigenvalue weighted by atomic mass is 35.5. The Hall–Kier alpha value is -1.35. The molecule has 0 aliphatic heterocycles. The summed E-state index contributed by atoms with van der Waals surface area (Å²) in [5, 5.41) is 1.70. The van der Waals surface area contributed by atoms with Crippen molar-refractivity contribution in [1.82, 2.24) is 9.55 Å². The minimum absolute atomic E-state index is 0.184. The van der Waals surface area contributed by atoms with Crippen LogP contribution in [0, 0.1) is 0 Å². The van der Waals surface area contributed by atoms with Crippen molar-refractivity contribution >= 4 is 22.5 Å². The number of rotatable bonds is 1. The van der Waals surface area contributed by atoms with E-state index in [0.29, 0.717) is 10.9 Å². The fourth-order valence-corrected chi connectivity index (χ4v) is 2.19. The summed E-state index contributed by atoms with van der Waals surface area (Å²) < 4.78 is 1.57. The molecule has 1 aromatic heterocycles. The van der Waals surface area contributed by atoms with E-state index in [4.69, 9.17) is 11.6 Å². The van der Waals surface area contributed by atoms with E-state index in [9.17, 15) is 4.79 Å². The van der Waals surface area contributed by atoms with Crippen molar-refractivity contribution in [2.75, 3.05) is 0 Å². The minimum atomic E-state index is -0.184. The van der Waals surface area contributed by atoms with Gasteiger partial charge in [-0.3, -0.25) is 4.57 Å². The Bertz CT molecular complexity index is 629. The van der Waals surface area contributed by atoms with E-state index in [0.717, 1.165) is 29.4 Å². The standard InChI is InChI=1S/C12H11ClN2O/c1-15-10-5-4-8(13)6-9(10)11(7-2-3-7)14-12(15)16/h4-7H,2-3H2,1H3. The van der Waals surface area contributed by atoms with E-state index in [1.807, 2.05) is 12.1 Å². The molecule has 1 aliphatic rings. The molecule has 1 aliphatic carbocycles. The molecule has 1 heterocycles. The highest BCUT2D eigenvalue weighted by Gasteiger charge is 2.28. The van der Waals surface area contributed by atoms with Crippen LogP contribution in [-0.4, -0.2) is 9.55 Å². The van der Waals surface area contributed by atoms with Crippen LogP contribution in [0.2, 0.25) is 5.02 Å². The smallest absolute Gasteiger partial charge is 0.295 e. The second-order valence-electron chi connectivity index (χ2n) is 4.27. The Kier molecular flexibility index (Phi) is 2.04. The van der Waals surface area contributed by atoms with Crippen LogP contribution in [0.15, 0.2) is 23.0 Å². The molecule has 0 atom stereocenters. The summed E-state index contributed by atoms with van der Waals surface area (Å²) >= 11 is 5.99. The highest BCUT2D eigenvalue weighted by Crippen LogP contribution is 2.41. The lowest BCUT2D eigenvalue weighted by Gasteiger charge is -2.08. The number of hydrogen-bond acceptors (Lipinski definition) is 2. The van der Waals surface area contributed by atoms with Gasteiger partial charge in [0.2, 0.25) is 0 Å². The molecule has 4 heteroatoms. The van der Waals surface area contributed by atoms with Crippen LogP contribution in [0.3, 0.4) is 0 Å². The van der Waals surface area contributed by atoms with Crippen molar-refractivity contribution in [3.05, 3.63) is 39.4 Å². The van der Waals surface area contributed by atoms with Crippen LogP contribution >= 0.6 is 11.6 Å². The van der Waals surface area contributed by atoms with Gasteiger partial charge >= 0.3 is 5.69 Å². The molecule has 3 rings (SSSR count). The number of nitrogens with zero attached hydrogens (tertiary/aromatic N) is 2. The van der Waals surface area contributed by atoms with E-state index >= 15 is 0 Å². The van der Waals surface area contributed by atoms with Gasteiger partial charge < -0.3 is 0 Å². The van der Waals surface area contributed by atoms with Gasteiger partial charge in [-0.2, -0.15) is 4.98 Å². The maximum atomic E-state index is 11.7.